The van der Waals surface area contributed by atoms with Crippen LogP contribution in [-0.4, -0.2) is 52.4 Å². The smallest absolute Gasteiger partial charge is 0.244 e. The summed E-state index contributed by atoms with van der Waals surface area (Å²) in [6, 6.07) is 5.97. The Morgan fingerprint density at radius 2 is 2.00 bits per heavy atom. The summed E-state index contributed by atoms with van der Waals surface area (Å²) >= 11 is 0. The quantitative estimate of drug-likeness (QED) is 0.825. The van der Waals surface area contributed by atoms with Crippen molar-refractivity contribution in [3.05, 3.63) is 53.9 Å². The van der Waals surface area contributed by atoms with E-state index in [0.717, 1.165) is 38.3 Å². The van der Waals surface area contributed by atoms with E-state index < -0.39 is 6.04 Å². The fourth-order valence-corrected chi connectivity index (χ4v) is 3.71. The highest BCUT2D eigenvalue weighted by molar-refractivity contribution is 5.83. The number of carbonyl (C=O) groups is 1. The monoisotopic (exact) mass is 358 g/mol. The van der Waals surface area contributed by atoms with Gasteiger partial charge in [-0.05, 0) is 45.8 Å². The molecule has 26 heavy (non-hydrogen) atoms. The van der Waals surface area contributed by atoms with Crippen LogP contribution in [0.15, 0.2) is 36.7 Å². The maximum atomic E-state index is 14.2. The van der Waals surface area contributed by atoms with Crippen LogP contribution in [0.2, 0.25) is 0 Å². The largest absolute Gasteiger partial charge is 0.341 e. The van der Waals surface area contributed by atoms with Gasteiger partial charge in [0.15, 0.2) is 0 Å². The number of rotatable bonds is 5. The summed E-state index contributed by atoms with van der Waals surface area (Å²) in [6.07, 6.45) is 5.75. The molecule has 0 bridgehead atoms. The van der Waals surface area contributed by atoms with Crippen molar-refractivity contribution < 1.29 is 9.18 Å². The number of nitrogens with zero attached hydrogens (tertiary/aromatic N) is 4. The van der Waals surface area contributed by atoms with Crippen molar-refractivity contribution in [2.45, 2.75) is 32.4 Å². The molecule has 1 aromatic heterocycles. The molecule has 1 aliphatic rings. The van der Waals surface area contributed by atoms with Crippen LogP contribution in [0.25, 0.3) is 0 Å². The number of aromatic nitrogens is 2. The van der Waals surface area contributed by atoms with Gasteiger partial charge < -0.3 is 9.47 Å². The van der Waals surface area contributed by atoms with Crippen molar-refractivity contribution in [1.82, 2.24) is 19.4 Å². The van der Waals surface area contributed by atoms with Gasteiger partial charge in [0.1, 0.15) is 17.7 Å². The molecule has 1 atom stereocenters. The van der Waals surface area contributed by atoms with Crippen molar-refractivity contribution in [1.29, 1.82) is 0 Å². The first kappa shape index (κ1) is 18.6. The zero-order valence-corrected chi connectivity index (χ0v) is 15.7. The average Bonchev–Trinajstić information content (AvgIpc) is 3.02. The molecule has 3 rings (SSSR count). The number of halogens is 1. The predicted molar refractivity (Wildman–Crippen MR) is 99.1 cm³/mol. The molecule has 0 radical (unpaired) electrons. The molecular formula is C20H27FN4O. The second kappa shape index (κ2) is 7.99. The molecule has 0 saturated carbocycles. The number of likely N-dealkylation sites (N-methyl/N-ethyl adjacent to an activating group) is 1. The number of aryl methyl sites for hydroxylation is 1. The minimum absolute atomic E-state index is 0.0163. The second-order valence-electron chi connectivity index (χ2n) is 7.28. The van der Waals surface area contributed by atoms with E-state index in [1.165, 1.54) is 6.07 Å². The molecule has 2 aromatic rings. The highest BCUT2D eigenvalue weighted by Gasteiger charge is 2.32. The number of hydrogen-bond donors (Lipinski definition) is 0. The fourth-order valence-electron chi connectivity index (χ4n) is 3.71. The lowest BCUT2D eigenvalue weighted by Crippen LogP contribution is -2.45. The molecule has 6 heteroatoms. The number of amides is 1. The number of benzene rings is 1. The van der Waals surface area contributed by atoms with Crippen LogP contribution >= 0.6 is 0 Å². The van der Waals surface area contributed by atoms with Gasteiger partial charge in [0.25, 0.3) is 0 Å². The summed E-state index contributed by atoms with van der Waals surface area (Å²) in [6.45, 7) is 4.39. The van der Waals surface area contributed by atoms with E-state index in [1.54, 1.807) is 23.1 Å². The van der Waals surface area contributed by atoms with Crippen LogP contribution < -0.4 is 0 Å². The summed E-state index contributed by atoms with van der Waals surface area (Å²) in [4.78, 5) is 21.0. The third-order valence-corrected chi connectivity index (χ3v) is 5.25. The molecular weight excluding hydrogens is 331 g/mol. The molecule has 0 spiro atoms. The number of hydrogen-bond acceptors (Lipinski definition) is 3. The van der Waals surface area contributed by atoms with Gasteiger partial charge in [-0.25, -0.2) is 9.37 Å². The Hall–Kier alpha value is -2.21. The lowest BCUT2D eigenvalue weighted by molar-refractivity contribution is -0.138. The predicted octanol–water partition coefficient (Wildman–Crippen LogP) is 2.87. The number of imidazole rings is 1. The Morgan fingerprint density at radius 1 is 1.31 bits per heavy atom. The molecule has 1 aromatic carbocycles. The molecule has 0 aliphatic carbocycles. The number of piperidine rings is 1. The van der Waals surface area contributed by atoms with E-state index in [9.17, 15) is 9.18 Å². The van der Waals surface area contributed by atoms with Gasteiger partial charge >= 0.3 is 0 Å². The van der Waals surface area contributed by atoms with Crippen LogP contribution in [0.1, 0.15) is 30.3 Å². The first-order valence-electron chi connectivity index (χ1n) is 9.14. The van der Waals surface area contributed by atoms with Crippen molar-refractivity contribution in [3.63, 3.8) is 0 Å². The molecule has 1 amide bonds. The molecule has 2 heterocycles. The van der Waals surface area contributed by atoms with Gasteiger partial charge in [-0.3, -0.25) is 9.69 Å². The Labute approximate surface area is 154 Å². The Bertz CT molecular complexity index is 750. The van der Waals surface area contributed by atoms with Crippen molar-refractivity contribution in [2.24, 2.45) is 5.92 Å². The van der Waals surface area contributed by atoms with Gasteiger partial charge in [-0.2, -0.15) is 0 Å². The normalized spacial score (nSPS) is 16.9. The SMILES string of the molecule is Cc1nccn1CC1CCN(C(=O)C(c2ccccc2F)N(C)C)CC1. The highest BCUT2D eigenvalue weighted by atomic mass is 19.1. The van der Waals surface area contributed by atoms with Crippen molar-refractivity contribution in [2.75, 3.05) is 27.2 Å². The first-order chi connectivity index (χ1) is 12.5. The fraction of sp³-hybridized carbons (Fsp3) is 0.500. The zero-order valence-electron chi connectivity index (χ0n) is 15.7. The third kappa shape index (κ3) is 3.96. The average molecular weight is 358 g/mol. The zero-order chi connectivity index (χ0) is 18.7. The summed E-state index contributed by atoms with van der Waals surface area (Å²) < 4.78 is 16.4. The summed E-state index contributed by atoms with van der Waals surface area (Å²) in [5.41, 5.74) is 0.443. The molecule has 1 fully saturated rings. The van der Waals surface area contributed by atoms with E-state index in [0.29, 0.717) is 11.5 Å². The molecule has 1 aliphatic heterocycles. The van der Waals surface area contributed by atoms with E-state index >= 15 is 0 Å². The van der Waals surface area contributed by atoms with Crippen LogP contribution in [0.4, 0.5) is 4.39 Å². The third-order valence-electron chi connectivity index (χ3n) is 5.25. The maximum Gasteiger partial charge on any atom is 0.244 e. The van der Waals surface area contributed by atoms with Crippen molar-refractivity contribution >= 4 is 5.91 Å². The second-order valence-corrected chi connectivity index (χ2v) is 7.28. The highest BCUT2D eigenvalue weighted by Crippen LogP contribution is 2.27. The molecule has 0 N–H and O–H groups in total. The minimum Gasteiger partial charge on any atom is -0.341 e. The standard InChI is InChI=1S/C20H27FN4O/c1-15-22-10-13-25(15)14-16-8-11-24(12-9-16)20(26)19(23(2)3)17-6-4-5-7-18(17)21/h4-7,10,13,16,19H,8-9,11-12,14H2,1-3H3. The van der Waals surface area contributed by atoms with E-state index in [1.807, 2.05) is 38.3 Å². The maximum absolute atomic E-state index is 14.2. The van der Waals surface area contributed by atoms with Crippen LogP contribution in [0.3, 0.4) is 0 Å². The lowest BCUT2D eigenvalue weighted by Gasteiger charge is -2.36. The Morgan fingerprint density at radius 3 is 2.58 bits per heavy atom. The number of likely N-dealkylation sites (tertiary alicyclic amines) is 1. The Balaban J connectivity index is 1.65. The van der Waals surface area contributed by atoms with Crippen LogP contribution in [0, 0.1) is 18.7 Å². The topological polar surface area (TPSA) is 41.4 Å². The van der Waals surface area contributed by atoms with E-state index in [4.69, 9.17) is 0 Å². The number of carbonyl (C=O) groups excluding carboxylic acids is 1. The van der Waals surface area contributed by atoms with Gasteiger partial charge in [-0.1, -0.05) is 18.2 Å². The Kier molecular flexibility index (Phi) is 5.71. The van der Waals surface area contributed by atoms with Gasteiger partial charge in [-0.15, -0.1) is 0 Å². The van der Waals surface area contributed by atoms with Gasteiger partial charge in [0, 0.05) is 37.6 Å². The molecule has 140 valence electrons. The molecule has 5 nitrogen and oxygen atoms in total. The molecule has 1 saturated heterocycles. The summed E-state index contributed by atoms with van der Waals surface area (Å²) in [5, 5.41) is 0. The minimum atomic E-state index is -0.580. The lowest BCUT2D eigenvalue weighted by atomic mass is 9.95. The van der Waals surface area contributed by atoms with E-state index in [-0.39, 0.29) is 11.7 Å². The summed E-state index contributed by atoms with van der Waals surface area (Å²) in [7, 11) is 3.65. The molecule has 1 unspecified atom stereocenters. The van der Waals surface area contributed by atoms with Crippen LogP contribution in [-0.2, 0) is 11.3 Å². The van der Waals surface area contributed by atoms with Gasteiger partial charge in [0.05, 0.1) is 0 Å². The first-order valence-corrected chi connectivity index (χ1v) is 9.14. The van der Waals surface area contributed by atoms with E-state index in [2.05, 4.69) is 9.55 Å². The van der Waals surface area contributed by atoms with Gasteiger partial charge in [0.2, 0.25) is 5.91 Å². The van der Waals surface area contributed by atoms with Crippen LogP contribution in [0.5, 0.6) is 0 Å². The van der Waals surface area contributed by atoms with Crippen molar-refractivity contribution in [3.8, 4) is 0 Å². The summed E-state index contributed by atoms with van der Waals surface area (Å²) in [5.74, 6) is 1.22.